The summed E-state index contributed by atoms with van der Waals surface area (Å²) in [4.78, 5) is 29.0. The molecule has 0 bridgehead atoms. The number of carbonyl (C=O) groups is 2. The van der Waals surface area contributed by atoms with E-state index >= 15 is 0 Å². The van der Waals surface area contributed by atoms with E-state index in [9.17, 15) is 14.7 Å². The summed E-state index contributed by atoms with van der Waals surface area (Å²) in [6, 6.07) is 18.0. The molecule has 170 valence electrons. The summed E-state index contributed by atoms with van der Waals surface area (Å²) in [6.07, 6.45) is 0.684. The number of para-hydroxylation sites is 1. The average Bonchev–Trinajstić information content (AvgIpc) is 3.45. The Morgan fingerprint density at radius 1 is 1.03 bits per heavy atom. The van der Waals surface area contributed by atoms with E-state index in [1.807, 2.05) is 47.8 Å². The Labute approximate surface area is 196 Å². The van der Waals surface area contributed by atoms with Crippen molar-refractivity contribution in [1.29, 1.82) is 0 Å². The Bertz CT molecular complexity index is 1170. The minimum atomic E-state index is -0.784. The van der Waals surface area contributed by atoms with Crippen LogP contribution >= 0.6 is 11.3 Å². The molecule has 0 fully saturated rings. The molecule has 33 heavy (non-hydrogen) atoms. The highest BCUT2D eigenvalue weighted by Gasteiger charge is 2.44. The average molecular weight is 464 g/mol. The third-order valence-corrected chi connectivity index (χ3v) is 6.58. The molecule has 0 spiro atoms. The number of ether oxygens (including phenoxy) is 2. The maximum atomic E-state index is 13.4. The number of thiophene rings is 1. The number of Topliss-reactive ketones (excluding diaryl/α,β-unsaturated/α-hetero) is 1. The number of aryl methyl sites for hydroxylation is 1. The van der Waals surface area contributed by atoms with E-state index in [0.717, 1.165) is 10.4 Å². The van der Waals surface area contributed by atoms with Gasteiger partial charge in [0.05, 0.1) is 32.4 Å². The number of rotatable bonds is 9. The lowest BCUT2D eigenvalue weighted by Crippen LogP contribution is -2.30. The molecule has 2 heterocycles. The summed E-state index contributed by atoms with van der Waals surface area (Å²) in [7, 11) is 3.05. The van der Waals surface area contributed by atoms with Crippen LogP contribution in [0.5, 0.6) is 11.5 Å². The van der Waals surface area contributed by atoms with Crippen molar-refractivity contribution >= 4 is 23.0 Å². The molecular formula is C26H25NO5S. The first kappa shape index (κ1) is 22.6. The predicted octanol–water partition coefficient (Wildman–Crippen LogP) is 4.86. The van der Waals surface area contributed by atoms with Crippen molar-refractivity contribution in [3.8, 4) is 11.5 Å². The van der Waals surface area contributed by atoms with Gasteiger partial charge < -0.3 is 19.5 Å². The number of methoxy groups -OCH3 is 2. The molecule has 1 atom stereocenters. The molecule has 6 nitrogen and oxygen atoms in total. The third kappa shape index (κ3) is 4.50. The molecule has 1 aliphatic rings. The smallest absolute Gasteiger partial charge is 0.290 e. The van der Waals surface area contributed by atoms with E-state index in [2.05, 4.69) is 0 Å². The van der Waals surface area contributed by atoms with Crippen LogP contribution in [0.25, 0.3) is 0 Å². The number of carbonyl (C=O) groups excluding carboxylic acids is 2. The molecule has 0 saturated carbocycles. The summed E-state index contributed by atoms with van der Waals surface area (Å²) in [6.45, 7) is 0.265. The first-order valence-electron chi connectivity index (χ1n) is 10.6. The fourth-order valence-corrected chi connectivity index (χ4v) is 4.86. The summed E-state index contributed by atoms with van der Waals surface area (Å²) in [5, 5.41) is 12.8. The van der Waals surface area contributed by atoms with Crippen molar-refractivity contribution in [2.24, 2.45) is 0 Å². The van der Waals surface area contributed by atoms with E-state index < -0.39 is 17.7 Å². The Morgan fingerprint density at radius 2 is 1.82 bits per heavy atom. The molecule has 0 radical (unpaired) electrons. The van der Waals surface area contributed by atoms with E-state index in [4.69, 9.17) is 9.47 Å². The van der Waals surface area contributed by atoms with Crippen molar-refractivity contribution in [3.63, 3.8) is 0 Å². The molecule has 3 aromatic rings. The number of nitrogens with zero attached hydrogens (tertiary/aromatic N) is 1. The maximum Gasteiger partial charge on any atom is 0.290 e. The molecule has 1 N–H and O–H groups in total. The van der Waals surface area contributed by atoms with Gasteiger partial charge in [0, 0.05) is 16.9 Å². The maximum absolute atomic E-state index is 13.4. The van der Waals surface area contributed by atoms with Crippen LogP contribution in [0.15, 0.2) is 77.4 Å². The molecule has 0 aliphatic carbocycles. The van der Waals surface area contributed by atoms with Crippen molar-refractivity contribution in [2.75, 3.05) is 14.2 Å². The molecule has 1 aliphatic heterocycles. The number of hydrogen-bond donors (Lipinski definition) is 1. The monoisotopic (exact) mass is 463 g/mol. The Hall–Kier alpha value is -3.58. The number of benzene rings is 2. The van der Waals surface area contributed by atoms with Crippen LogP contribution in [0.3, 0.4) is 0 Å². The van der Waals surface area contributed by atoms with Crippen LogP contribution in [0, 0.1) is 0 Å². The van der Waals surface area contributed by atoms with E-state index in [-0.39, 0.29) is 24.3 Å². The van der Waals surface area contributed by atoms with Gasteiger partial charge in [0.25, 0.3) is 5.91 Å². The quantitative estimate of drug-likeness (QED) is 0.490. The highest BCUT2D eigenvalue weighted by molar-refractivity contribution is 7.09. The minimum absolute atomic E-state index is 0.0963. The second-order valence-corrected chi connectivity index (χ2v) is 8.70. The number of amides is 1. The van der Waals surface area contributed by atoms with E-state index in [1.165, 1.54) is 30.5 Å². The fraction of sp³-hybridized carbons (Fsp3) is 0.231. The van der Waals surface area contributed by atoms with Crippen molar-refractivity contribution in [1.82, 2.24) is 4.90 Å². The topological polar surface area (TPSA) is 76.1 Å². The molecular weight excluding hydrogens is 438 g/mol. The molecule has 2 aromatic carbocycles. The van der Waals surface area contributed by atoms with Gasteiger partial charge in [0.15, 0.2) is 23.0 Å². The second kappa shape index (κ2) is 9.92. The van der Waals surface area contributed by atoms with Crippen molar-refractivity contribution in [3.05, 3.63) is 93.4 Å². The van der Waals surface area contributed by atoms with Crippen molar-refractivity contribution in [2.45, 2.75) is 25.4 Å². The molecule has 0 saturated heterocycles. The molecule has 1 unspecified atom stereocenters. The van der Waals surface area contributed by atoms with Gasteiger partial charge >= 0.3 is 0 Å². The Balaban J connectivity index is 1.74. The van der Waals surface area contributed by atoms with E-state index in [0.29, 0.717) is 23.5 Å². The largest absolute Gasteiger partial charge is 0.503 e. The van der Waals surface area contributed by atoms with Gasteiger partial charge in [-0.05, 0) is 29.5 Å². The van der Waals surface area contributed by atoms with Gasteiger partial charge in [-0.3, -0.25) is 9.59 Å². The van der Waals surface area contributed by atoms with Crippen LogP contribution < -0.4 is 9.47 Å². The summed E-state index contributed by atoms with van der Waals surface area (Å²) < 4.78 is 11.1. The van der Waals surface area contributed by atoms with Gasteiger partial charge in [-0.2, -0.15) is 0 Å². The van der Waals surface area contributed by atoms with Crippen LogP contribution in [0.2, 0.25) is 0 Å². The number of aliphatic hydroxyl groups is 1. The van der Waals surface area contributed by atoms with Crippen LogP contribution in [0.1, 0.15) is 28.5 Å². The Morgan fingerprint density at radius 3 is 2.48 bits per heavy atom. The molecule has 4 rings (SSSR count). The zero-order valence-electron chi connectivity index (χ0n) is 18.5. The van der Waals surface area contributed by atoms with Gasteiger partial charge in [-0.15, -0.1) is 11.3 Å². The number of aliphatic hydroxyl groups excluding tert-OH is 1. The summed E-state index contributed by atoms with van der Waals surface area (Å²) in [5.74, 6) is -0.424. The lowest BCUT2D eigenvalue weighted by Gasteiger charge is -2.28. The molecule has 1 aromatic heterocycles. The summed E-state index contributed by atoms with van der Waals surface area (Å²) in [5.41, 5.74) is 1.70. The van der Waals surface area contributed by atoms with Gasteiger partial charge in [0.2, 0.25) is 0 Å². The van der Waals surface area contributed by atoms with Crippen molar-refractivity contribution < 1.29 is 24.2 Å². The Kier molecular flexibility index (Phi) is 6.79. The van der Waals surface area contributed by atoms with E-state index in [1.54, 1.807) is 18.2 Å². The fourth-order valence-electron chi connectivity index (χ4n) is 4.16. The van der Waals surface area contributed by atoms with Crippen LogP contribution in [-0.4, -0.2) is 35.9 Å². The van der Waals surface area contributed by atoms with Crippen LogP contribution in [0.4, 0.5) is 0 Å². The SMILES string of the molecule is COc1cccc(C2C(C(=O)CCc3ccccc3)=C(O)C(=O)N2Cc2cccs2)c1OC. The normalized spacial score (nSPS) is 15.8. The zero-order chi connectivity index (χ0) is 23.4. The first-order valence-corrected chi connectivity index (χ1v) is 11.5. The standard InChI is InChI=1S/C26H25NO5S/c1-31-21-12-6-11-19(25(21)32-2)23-22(20(28)14-13-17-8-4-3-5-9-17)24(29)26(30)27(23)16-18-10-7-15-33-18/h3-12,15,23,29H,13-14,16H2,1-2H3. The zero-order valence-corrected chi connectivity index (χ0v) is 19.3. The van der Waals surface area contributed by atoms with Gasteiger partial charge in [-0.25, -0.2) is 0 Å². The van der Waals surface area contributed by atoms with Crippen LogP contribution in [-0.2, 0) is 22.6 Å². The second-order valence-electron chi connectivity index (χ2n) is 7.67. The number of ketones is 1. The molecule has 7 heteroatoms. The summed E-state index contributed by atoms with van der Waals surface area (Å²) >= 11 is 1.51. The highest BCUT2D eigenvalue weighted by Crippen LogP contribution is 2.45. The number of hydrogen-bond acceptors (Lipinski definition) is 6. The highest BCUT2D eigenvalue weighted by atomic mass is 32.1. The first-order chi connectivity index (χ1) is 16.0. The third-order valence-electron chi connectivity index (χ3n) is 5.72. The van der Waals surface area contributed by atoms with Gasteiger partial charge in [-0.1, -0.05) is 48.5 Å². The lowest BCUT2D eigenvalue weighted by molar-refractivity contribution is -0.130. The predicted molar refractivity (Wildman–Crippen MR) is 127 cm³/mol. The molecule has 1 amide bonds. The minimum Gasteiger partial charge on any atom is -0.503 e. The lowest BCUT2D eigenvalue weighted by atomic mass is 9.92. The van der Waals surface area contributed by atoms with Gasteiger partial charge in [0.1, 0.15) is 0 Å².